The zero-order valence-corrected chi connectivity index (χ0v) is 42.3. The summed E-state index contributed by atoms with van der Waals surface area (Å²) >= 11 is 0. The molecule has 15 heteroatoms. The fourth-order valence-electron chi connectivity index (χ4n) is 11.1. The van der Waals surface area contributed by atoms with Crippen LogP contribution in [0.4, 0.5) is 8.78 Å². The third-order valence-corrected chi connectivity index (χ3v) is 15.4. The van der Waals surface area contributed by atoms with Crippen LogP contribution in [0.2, 0.25) is 0 Å². The first-order valence-corrected chi connectivity index (χ1v) is 26.0. The molecular weight excluding hydrogens is 865 g/mol. The number of nitrogens with one attached hydrogen (secondary N) is 3. The molecule has 0 aromatic heterocycles. The number of aliphatic hydroxyl groups excluding tert-OH is 1. The molecule has 68 heavy (non-hydrogen) atoms. The number of likely N-dealkylation sites (tertiary alicyclic amines) is 2. The lowest BCUT2D eigenvalue weighted by atomic mass is 9.57. The third-order valence-electron chi connectivity index (χ3n) is 15.4. The molecule has 6 rings (SSSR count). The van der Waals surface area contributed by atoms with Crippen LogP contribution in [0.15, 0.2) is 30.3 Å². The van der Waals surface area contributed by atoms with Crippen molar-refractivity contribution in [3.63, 3.8) is 0 Å². The molecule has 13 nitrogen and oxygen atoms in total. The maximum absolute atomic E-state index is 13.2. The van der Waals surface area contributed by atoms with Crippen LogP contribution < -0.4 is 11.1 Å². The number of piperidine rings is 1. The SMILES string of the molecule is C#CCCCCN1CCN(CCC(=O)N2CCC3(CC2)CC(C(=N)N(C(C)=N)C(C)CC2CCC(C)N2CCC(NC)c2ccccc2)C3)CC1.NCCOCCO.O=CC1CCC(F)(F)CC1. The summed E-state index contributed by atoms with van der Waals surface area (Å²) < 4.78 is 29.6. The second-order valence-electron chi connectivity index (χ2n) is 20.3. The van der Waals surface area contributed by atoms with Gasteiger partial charge in [0.1, 0.15) is 12.1 Å². The molecule has 2 saturated carbocycles. The van der Waals surface area contributed by atoms with E-state index in [-0.39, 0.29) is 42.7 Å². The van der Waals surface area contributed by atoms with Crippen molar-refractivity contribution in [2.24, 2.45) is 23.0 Å². The number of aliphatic hydroxyl groups is 1. The van der Waals surface area contributed by atoms with Crippen molar-refractivity contribution in [1.29, 1.82) is 10.8 Å². The number of amidine groups is 2. The molecule has 4 unspecified atom stereocenters. The van der Waals surface area contributed by atoms with Crippen LogP contribution in [0, 0.1) is 40.4 Å². The van der Waals surface area contributed by atoms with Crippen LogP contribution >= 0.6 is 0 Å². The molecule has 1 aromatic carbocycles. The summed E-state index contributed by atoms with van der Waals surface area (Å²) in [4.78, 5) is 35.1. The highest BCUT2D eigenvalue weighted by molar-refractivity contribution is 5.98. The van der Waals surface area contributed by atoms with Gasteiger partial charge in [0, 0.05) is 121 Å². The number of amides is 1. The smallest absolute Gasteiger partial charge is 0.248 e. The molecule has 1 aromatic rings. The van der Waals surface area contributed by atoms with Crippen LogP contribution in [0.1, 0.15) is 135 Å². The van der Waals surface area contributed by atoms with Gasteiger partial charge >= 0.3 is 0 Å². The lowest BCUT2D eigenvalue weighted by molar-refractivity contribution is -0.135. The minimum atomic E-state index is -2.50. The van der Waals surface area contributed by atoms with Gasteiger partial charge in [0.25, 0.3) is 0 Å². The number of nitrogens with two attached hydrogens (primary N) is 1. The maximum Gasteiger partial charge on any atom is 0.248 e. The Labute approximate surface area is 408 Å². The minimum Gasteiger partial charge on any atom is -0.394 e. The maximum atomic E-state index is 13.2. The van der Waals surface area contributed by atoms with E-state index in [0.717, 1.165) is 117 Å². The number of nitrogens with zero attached hydrogens (tertiary/aromatic N) is 5. The Hall–Kier alpha value is -3.36. The topological polar surface area (TPSA) is 166 Å². The number of hydrogen-bond donors (Lipinski definition) is 5. The molecule has 1 spiro atoms. The van der Waals surface area contributed by atoms with Crippen molar-refractivity contribution in [3.8, 4) is 12.3 Å². The second-order valence-corrected chi connectivity index (χ2v) is 20.3. The number of terminal acetylenes is 1. The van der Waals surface area contributed by atoms with Gasteiger partial charge in [-0.25, -0.2) is 8.78 Å². The Morgan fingerprint density at radius 3 is 2.21 bits per heavy atom. The zero-order valence-electron chi connectivity index (χ0n) is 42.3. The third kappa shape index (κ3) is 18.4. The standard InChI is InChI=1S/C42H68N8O.C7H10F2O.C4H11NO2/c1-6-7-8-12-21-46-26-28-47(29-27-46)22-18-40(51)48-24-19-42(20-25-48)31-37(32-42)41(44)50(35(4)43)34(3)30-38-16-15-33(2)49(38)23-17-39(45-5)36-13-10-9-11-14-36;8-7(9)3-1-6(5-10)2-4-7;5-1-3-7-4-2-6/h1,9-11,13-14,33-34,37-39,43-45H,7-8,12,15-32H2,2-5H3;5-6H,1-4H2;6H,1-5H2. The first-order chi connectivity index (χ1) is 32.7. The van der Waals surface area contributed by atoms with Gasteiger partial charge in [0.2, 0.25) is 11.8 Å². The Morgan fingerprint density at radius 2 is 1.63 bits per heavy atom. The number of benzene rings is 1. The average molecular weight is 954 g/mol. The molecule has 5 aliphatic rings. The number of rotatable bonds is 21. The molecule has 3 saturated heterocycles. The second kappa shape index (κ2) is 29.7. The summed E-state index contributed by atoms with van der Waals surface area (Å²) in [7, 11) is 2.06. The Kier molecular flexibility index (Phi) is 25.0. The summed E-state index contributed by atoms with van der Waals surface area (Å²) in [5.74, 6) is 1.78. The van der Waals surface area contributed by atoms with Gasteiger partial charge in [-0.15, -0.1) is 12.3 Å². The number of halogens is 2. The van der Waals surface area contributed by atoms with Gasteiger partial charge in [-0.1, -0.05) is 30.3 Å². The van der Waals surface area contributed by atoms with E-state index in [1.807, 2.05) is 11.8 Å². The molecular formula is C53H89F2N9O4. The van der Waals surface area contributed by atoms with Crippen LogP contribution in [0.5, 0.6) is 0 Å². The van der Waals surface area contributed by atoms with Gasteiger partial charge in [-0.2, -0.15) is 0 Å². The zero-order chi connectivity index (χ0) is 49.5. The van der Waals surface area contributed by atoms with Gasteiger partial charge in [-0.05, 0) is 122 Å². The Morgan fingerprint density at radius 1 is 0.985 bits per heavy atom. The fraction of sp³-hybridized carbons (Fsp3) is 0.774. The van der Waals surface area contributed by atoms with Crippen molar-refractivity contribution < 1.29 is 28.2 Å². The van der Waals surface area contributed by atoms with Crippen molar-refractivity contribution in [1.82, 2.24) is 29.8 Å². The highest BCUT2D eigenvalue weighted by Crippen LogP contribution is 2.53. The van der Waals surface area contributed by atoms with Crippen LogP contribution in [0.25, 0.3) is 0 Å². The molecule has 6 N–H and O–H groups in total. The predicted octanol–water partition coefficient (Wildman–Crippen LogP) is 7.04. The van der Waals surface area contributed by atoms with E-state index in [2.05, 4.69) is 82.1 Å². The van der Waals surface area contributed by atoms with Crippen molar-refractivity contribution in [2.75, 3.05) is 92.3 Å². The minimum absolute atomic E-state index is 0.0833. The highest BCUT2D eigenvalue weighted by Gasteiger charge is 2.49. The molecule has 384 valence electrons. The first-order valence-electron chi connectivity index (χ1n) is 26.0. The monoisotopic (exact) mass is 954 g/mol. The van der Waals surface area contributed by atoms with Crippen LogP contribution in [-0.4, -0.2) is 170 Å². The average Bonchev–Trinajstić information content (AvgIpc) is 3.67. The van der Waals surface area contributed by atoms with E-state index >= 15 is 0 Å². The number of carbonyl (C=O) groups is 2. The van der Waals surface area contributed by atoms with Gasteiger partial charge in [-0.3, -0.25) is 20.5 Å². The van der Waals surface area contributed by atoms with E-state index in [9.17, 15) is 23.8 Å². The van der Waals surface area contributed by atoms with Gasteiger partial charge in [0.05, 0.1) is 25.7 Å². The number of ether oxygens (including phenoxy) is 1. The number of carbonyl (C=O) groups excluding carboxylic acids is 2. The fourth-order valence-corrected chi connectivity index (χ4v) is 11.1. The lowest BCUT2D eigenvalue weighted by Gasteiger charge is -2.53. The van der Waals surface area contributed by atoms with Crippen molar-refractivity contribution in [2.45, 2.75) is 154 Å². The van der Waals surface area contributed by atoms with Crippen LogP contribution in [0.3, 0.4) is 0 Å². The number of alkyl halides is 2. The summed E-state index contributed by atoms with van der Waals surface area (Å²) in [6, 6.07) is 12.3. The predicted molar refractivity (Wildman–Crippen MR) is 270 cm³/mol. The van der Waals surface area contributed by atoms with E-state index in [0.29, 0.717) is 74.7 Å². The highest BCUT2D eigenvalue weighted by atomic mass is 19.3. The Bertz CT molecular complexity index is 1660. The molecule has 3 aliphatic heterocycles. The molecule has 1 amide bonds. The Balaban J connectivity index is 0.000000498. The number of piperazine rings is 1. The van der Waals surface area contributed by atoms with Crippen molar-refractivity contribution >= 4 is 23.9 Å². The summed E-state index contributed by atoms with van der Waals surface area (Å²) in [6.45, 7) is 17.0. The van der Waals surface area contributed by atoms with E-state index in [4.69, 9.17) is 27.4 Å². The number of hydrogen-bond acceptors (Lipinski definition) is 11. The van der Waals surface area contributed by atoms with Crippen molar-refractivity contribution in [3.05, 3.63) is 35.9 Å². The van der Waals surface area contributed by atoms with Gasteiger partial charge in [0.15, 0.2) is 0 Å². The van der Waals surface area contributed by atoms with E-state index < -0.39 is 5.92 Å². The first kappa shape index (κ1) is 57.2. The molecule has 5 fully saturated rings. The normalized spacial score (nSPS) is 23.0. The summed E-state index contributed by atoms with van der Waals surface area (Å²) in [5.41, 5.74) is 6.66. The molecule has 2 aliphatic carbocycles. The lowest BCUT2D eigenvalue weighted by Crippen LogP contribution is -2.55. The quantitative estimate of drug-likeness (QED) is 0.0284. The molecule has 0 bridgehead atoms. The number of aldehydes is 1. The summed E-state index contributed by atoms with van der Waals surface area (Å²) in [5, 5.41) is 29.7. The summed E-state index contributed by atoms with van der Waals surface area (Å²) in [6.07, 6.45) is 19.0. The number of unbranched alkanes of at least 4 members (excludes halogenated alkanes) is 2. The molecule has 4 atom stereocenters. The largest absolute Gasteiger partial charge is 0.394 e. The van der Waals surface area contributed by atoms with Gasteiger partial charge < -0.3 is 45.3 Å². The van der Waals surface area contributed by atoms with E-state index in [1.165, 1.54) is 24.8 Å². The van der Waals surface area contributed by atoms with Crippen LogP contribution in [-0.2, 0) is 14.3 Å². The molecule has 3 heterocycles. The van der Waals surface area contributed by atoms with E-state index in [1.54, 1.807) is 0 Å². The molecule has 0 radical (unpaired) electrons.